The maximum atomic E-state index is 12.7. The minimum atomic E-state index is -0.253. The number of hydrogen-bond acceptors (Lipinski definition) is 6. The van der Waals surface area contributed by atoms with Crippen LogP contribution < -0.4 is 5.32 Å². The number of H-pyrrole nitrogens is 1. The predicted octanol–water partition coefficient (Wildman–Crippen LogP) is 1.55. The monoisotopic (exact) mass is 346 g/mol. The molecule has 0 saturated carbocycles. The Morgan fingerprint density at radius 1 is 1.46 bits per heavy atom. The molecule has 0 unspecified atom stereocenters. The average molecular weight is 346 g/mol. The molecular weight excluding hydrogens is 324 g/mol. The third-order valence-corrected chi connectivity index (χ3v) is 4.81. The highest BCUT2D eigenvalue weighted by Crippen LogP contribution is 2.24. The Morgan fingerprint density at radius 2 is 2.29 bits per heavy atom. The van der Waals surface area contributed by atoms with Crippen molar-refractivity contribution in [3.8, 4) is 0 Å². The standard InChI is InChI=1S/C16H22N6OS/c1-12-19-16(21-20-12)24-10-7-18-15(23)14(22-8-2-3-9-22)13-5-4-6-17-11-13/h4-6,11,14H,2-3,7-10H2,1H3,(H,18,23)(H,19,20,21)/t14-/m1/s1. The molecule has 2 N–H and O–H groups in total. The summed E-state index contributed by atoms with van der Waals surface area (Å²) < 4.78 is 0. The molecule has 8 heteroatoms. The van der Waals surface area contributed by atoms with Crippen LogP contribution in [0, 0.1) is 6.92 Å². The summed E-state index contributed by atoms with van der Waals surface area (Å²) in [4.78, 5) is 23.4. The van der Waals surface area contributed by atoms with Crippen molar-refractivity contribution in [2.45, 2.75) is 31.0 Å². The smallest absolute Gasteiger partial charge is 0.242 e. The van der Waals surface area contributed by atoms with Crippen LogP contribution in [0.3, 0.4) is 0 Å². The number of hydrogen-bond donors (Lipinski definition) is 2. The zero-order chi connectivity index (χ0) is 16.8. The summed E-state index contributed by atoms with van der Waals surface area (Å²) in [7, 11) is 0. The number of aromatic amines is 1. The lowest BCUT2D eigenvalue weighted by Crippen LogP contribution is -2.40. The van der Waals surface area contributed by atoms with Gasteiger partial charge in [-0.15, -0.1) is 5.10 Å². The average Bonchev–Trinajstić information content (AvgIpc) is 3.25. The van der Waals surface area contributed by atoms with Gasteiger partial charge in [0, 0.05) is 24.7 Å². The number of rotatable bonds is 7. The van der Waals surface area contributed by atoms with Crippen molar-refractivity contribution < 1.29 is 4.79 Å². The van der Waals surface area contributed by atoms with Crippen LogP contribution in [0.15, 0.2) is 29.7 Å². The summed E-state index contributed by atoms with van der Waals surface area (Å²) in [6.07, 6.45) is 5.81. The lowest BCUT2D eigenvalue weighted by Gasteiger charge is -2.26. The van der Waals surface area contributed by atoms with Crippen molar-refractivity contribution in [3.05, 3.63) is 35.9 Å². The van der Waals surface area contributed by atoms with E-state index in [0.717, 1.165) is 43.1 Å². The molecule has 0 aromatic carbocycles. The van der Waals surface area contributed by atoms with Crippen LogP contribution in [0.1, 0.15) is 30.3 Å². The fraction of sp³-hybridized carbons (Fsp3) is 0.500. The topological polar surface area (TPSA) is 86.8 Å². The number of nitrogens with zero attached hydrogens (tertiary/aromatic N) is 4. The van der Waals surface area contributed by atoms with Crippen molar-refractivity contribution in [3.63, 3.8) is 0 Å². The molecular formula is C16H22N6OS. The molecule has 128 valence electrons. The molecule has 1 saturated heterocycles. The quantitative estimate of drug-likeness (QED) is 0.584. The van der Waals surface area contributed by atoms with Crippen LogP contribution in [0.25, 0.3) is 0 Å². The molecule has 1 aliphatic rings. The van der Waals surface area contributed by atoms with Crippen molar-refractivity contribution in [2.24, 2.45) is 0 Å². The van der Waals surface area contributed by atoms with E-state index in [-0.39, 0.29) is 11.9 Å². The van der Waals surface area contributed by atoms with Gasteiger partial charge >= 0.3 is 0 Å². The summed E-state index contributed by atoms with van der Waals surface area (Å²) in [6, 6.07) is 3.60. The highest BCUT2D eigenvalue weighted by Gasteiger charge is 2.29. The predicted molar refractivity (Wildman–Crippen MR) is 92.6 cm³/mol. The van der Waals surface area contributed by atoms with Crippen molar-refractivity contribution in [1.82, 2.24) is 30.4 Å². The molecule has 2 aromatic rings. The van der Waals surface area contributed by atoms with Crippen molar-refractivity contribution >= 4 is 17.7 Å². The van der Waals surface area contributed by atoms with E-state index < -0.39 is 0 Å². The highest BCUT2D eigenvalue weighted by molar-refractivity contribution is 7.99. The van der Waals surface area contributed by atoms with Crippen LogP contribution >= 0.6 is 11.8 Å². The molecule has 2 aromatic heterocycles. The van der Waals surface area contributed by atoms with E-state index in [0.29, 0.717) is 11.7 Å². The first kappa shape index (κ1) is 16.9. The van der Waals surface area contributed by atoms with E-state index in [2.05, 4.69) is 30.4 Å². The number of pyridine rings is 1. The van der Waals surface area contributed by atoms with Crippen LogP contribution in [0.2, 0.25) is 0 Å². The second kappa shape index (κ2) is 8.25. The molecule has 1 atom stereocenters. The minimum absolute atomic E-state index is 0.0386. The zero-order valence-electron chi connectivity index (χ0n) is 13.7. The number of aromatic nitrogens is 4. The molecule has 0 aliphatic carbocycles. The molecule has 1 fully saturated rings. The number of carbonyl (C=O) groups excluding carboxylic acids is 1. The van der Waals surface area contributed by atoms with Gasteiger partial charge in [-0.25, -0.2) is 4.98 Å². The van der Waals surface area contributed by atoms with E-state index in [1.165, 1.54) is 11.8 Å². The fourth-order valence-corrected chi connectivity index (χ4v) is 3.56. The van der Waals surface area contributed by atoms with Gasteiger partial charge in [0.05, 0.1) is 0 Å². The lowest BCUT2D eigenvalue weighted by molar-refractivity contribution is -0.126. The normalized spacial score (nSPS) is 16.2. The second-order valence-corrected chi connectivity index (χ2v) is 6.84. The molecule has 0 spiro atoms. The lowest BCUT2D eigenvalue weighted by atomic mass is 10.1. The van der Waals surface area contributed by atoms with Gasteiger partial charge in [-0.2, -0.15) is 0 Å². The maximum absolute atomic E-state index is 12.7. The van der Waals surface area contributed by atoms with Gasteiger partial charge < -0.3 is 5.32 Å². The Hall–Kier alpha value is -1.93. The van der Waals surface area contributed by atoms with Crippen LogP contribution in [0.5, 0.6) is 0 Å². The molecule has 1 amide bonds. The number of thioether (sulfide) groups is 1. The van der Waals surface area contributed by atoms with Crippen LogP contribution in [0.4, 0.5) is 0 Å². The largest absolute Gasteiger partial charge is 0.354 e. The zero-order valence-corrected chi connectivity index (χ0v) is 14.6. The van der Waals surface area contributed by atoms with Crippen LogP contribution in [-0.4, -0.2) is 56.4 Å². The molecule has 3 rings (SSSR count). The number of amides is 1. The van der Waals surface area contributed by atoms with E-state index in [1.54, 1.807) is 12.4 Å². The van der Waals surface area contributed by atoms with E-state index >= 15 is 0 Å². The minimum Gasteiger partial charge on any atom is -0.354 e. The van der Waals surface area contributed by atoms with Crippen LogP contribution in [-0.2, 0) is 4.79 Å². The van der Waals surface area contributed by atoms with Gasteiger partial charge in [-0.05, 0) is 44.5 Å². The van der Waals surface area contributed by atoms with E-state index in [4.69, 9.17) is 0 Å². The summed E-state index contributed by atoms with van der Waals surface area (Å²) in [6.45, 7) is 4.37. The van der Waals surface area contributed by atoms with Crippen molar-refractivity contribution in [1.29, 1.82) is 0 Å². The molecule has 7 nitrogen and oxygen atoms in total. The Labute approximate surface area is 145 Å². The van der Waals surface area contributed by atoms with Gasteiger partial charge in [-0.3, -0.25) is 19.8 Å². The third-order valence-electron chi connectivity index (χ3n) is 3.96. The van der Waals surface area contributed by atoms with Gasteiger partial charge in [0.25, 0.3) is 0 Å². The number of carbonyl (C=O) groups is 1. The van der Waals surface area contributed by atoms with Gasteiger partial charge in [-0.1, -0.05) is 17.8 Å². The Morgan fingerprint density at radius 3 is 2.96 bits per heavy atom. The van der Waals surface area contributed by atoms with E-state index in [1.807, 2.05) is 19.1 Å². The summed E-state index contributed by atoms with van der Waals surface area (Å²) in [5.74, 6) is 1.58. The number of likely N-dealkylation sites (tertiary alicyclic amines) is 1. The first-order valence-corrected chi connectivity index (χ1v) is 9.16. The molecule has 24 heavy (non-hydrogen) atoms. The second-order valence-electron chi connectivity index (χ2n) is 5.77. The molecule has 0 radical (unpaired) electrons. The fourth-order valence-electron chi connectivity index (χ4n) is 2.87. The molecule has 1 aliphatic heterocycles. The summed E-state index contributed by atoms with van der Waals surface area (Å²) in [5, 5.41) is 10.6. The highest BCUT2D eigenvalue weighted by atomic mass is 32.2. The molecule has 3 heterocycles. The SMILES string of the molecule is Cc1nc(SCCNC(=O)[C@@H](c2cccnc2)N2CCCC2)n[nH]1. The number of aryl methyl sites for hydroxylation is 1. The van der Waals surface area contributed by atoms with Gasteiger partial charge in [0.15, 0.2) is 0 Å². The first-order valence-electron chi connectivity index (χ1n) is 8.17. The maximum Gasteiger partial charge on any atom is 0.242 e. The molecule has 0 bridgehead atoms. The third kappa shape index (κ3) is 4.33. The summed E-state index contributed by atoms with van der Waals surface area (Å²) >= 11 is 1.53. The number of nitrogens with one attached hydrogen (secondary N) is 2. The van der Waals surface area contributed by atoms with Crippen molar-refractivity contribution in [2.75, 3.05) is 25.4 Å². The summed E-state index contributed by atoms with van der Waals surface area (Å²) in [5.41, 5.74) is 0.953. The van der Waals surface area contributed by atoms with Gasteiger partial charge in [0.1, 0.15) is 11.9 Å². The first-order chi connectivity index (χ1) is 11.7. The van der Waals surface area contributed by atoms with E-state index in [9.17, 15) is 4.79 Å². The van der Waals surface area contributed by atoms with Gasteiger partial charge in [0.2, 0.25) is 11.1 Å². The Balaban J connectivity index is 1.55. The Bertz CT molecular complexity index is 656. The Kier molecular flexibility index (Phi) is 5.81.